The Kier molecular flexibility index (Phi) is 8.33. The summed E-state index contributed by atoms with van der Waals surface area (Å²) in [5.41, 5.74) is 1.91. The van der Waals surface area contributed by atoms with Gasteiger partial charge in [0.15, 0.2) is 26.5 Å². The summed E-state index contributed by atoms with van der Waals surface area (Å²) in [5, 5.41) is 2.44. The summed E-state index contributed by atoms with van der Waals surface area (Å²) < 4.78 is 53.6. The van der Waals surface area contributed by atoms with Gasteiger partial charge in [0.1, 0.15) is 16.4 Å². The van der Waals surface area contributed by atoms with Crippen molar-refractivity contribution in [2.75, 3.05) is 53.5 Å². The first-order valence-electron chi connectivity index (χ1n) is 11.8. The molecule has 1 aromatic heterocycles. The summed E-state index contributed by atoms with van der Waals surface area (Å²) in [7, 11) is 4.22. The van der Waals surface area contributed by atoms with E-state index in [9.17, 15) is 8.42 Å². The third-order valence-electron chi connectivity index (χ3n) is 6.48. The summed E-state index contributed by atoms with van der Waals surface area (Å²) >= 11 is 1.56. The van der Waals surface area contributed by atoms with Crippen LogP contribution in [0, 0.1) is 0 Å². The van der Waals surface area contributed by atoms with Crippen molar-refractivity contribution < 1.29 is 32.1 Å². The van der Waals surface area contributed by atoms with Crippen LogP contribution >= 0.6 is 11.3 Å². The summed E-state index contributed by atoms with van der Waals surface area (Å²) in [6.45, 7) is 1.22. The molecule has 0 radical (unpaired) electrons. The van der Waals surface area contributed by atoms with Crippen molar-refractivity contribution in [2.45, 2.75) is 29.4 Å². The van der Waals surface area contributed by atoms with E-state index in [2.05, 4.69) is 4.90 Å². The molecule has 1 fully saturated rings. The number of thiazole rings is 1. The number of rotatable bonds is 10. The topological polar surface area (TPSA) is 96.4 Å². The smallest absolute Gasteiger partial charge is 0.203 e. The number of sulfone groups is 1. The number of benzene rings is 2. The van der Waals surface area contributed by atoms with E-state index in [-0.39, 0.29) is 4.90 Å². The first-order chi connectivity index (χ1) is 17.8. The molecule has 37 heavy (non-hydrogen) atoms. The second kappa shape index (κ2) is 11.5. The van der Waals surface area contributed by atoms with Crippen molar-refractivity contribution in [3.63, 3.8) is 0 Å². The van der Waals surface area contributed by atoms with Crippen molar-refractivity contribution in [2.24, 2.45) is 0 Å². The van der Waals surface area contributed by atoms with Gasteiger partial charge in [0.25, 0.3) is 0 Å². The van der Waals surface area contributed by atoms with Crippen LogP contribution in [0.1, 0.15) is 24.1 Å². The number of nitrogens with zero attached hydrogens (tertiary/aromatic N) is 2. The zero-order chi connectivity index (χ0) is 26.6. The van der Waals surface area contributed by atoms with E-state index in [1.807, 2.05) is 17.5 Å². The SMILES string of the molecule is COc1ccc(S(=O)(=O)C2CCN(c3nc(Cc4cc(OC)c(OC)c(OC)c4)cs3)CC2)c(OC)c1. The fourth-order valence-electron chi connectivity index (χ4n) is 4.52. The van der Waals surface area contributed by atoms with Crippen LogP contribution in [0.5, 0.6) is 28.7 Å². The number of ether oxygens (including phenoxy) is 5. The molecule has 0 atom stereocenters. The van der Waals surface area contributed by atoms with E-state index in [1.165, 1.54) is 14.2 Å². The van der Waals surface area contributed by atoms with Gasteiger partial charge >= 0.3 is 0 Å². The Bertz CT molecular complexity index is 1310. The maximum Gasteiger partial charge on any atom is 0.203 e. The van der Waals surface area contributed by atoms with Gasteiger partial charge in [0, 0.05) is 31.0 Å². The molecule has 4 rings (SSSR count). The lowest BCUT2D eigenvalue weighted by Gasteiger charge is -2.31. The molecular formula is C26H32N2O7S2. The maximum atomic E-state index is 13.4. The van der Waals surface area contributed by atoms with Crippen LogP contribution in [0.25, 0.3) is 0 Å². The van der Waals surface area contributed by atoms with Gasteiger partial charge in [0.05, 0.1) is 46.5 Å². The van der Waals surface area contributed by atoms with Gasteiger partial charge in [-0.05, 0) is 42.7 Å². The minimum Gasteiger partial charge on any atom is -0.497 e. The molecule has 1 saturated heterocycles. The minimum absolute atomic E-state index is 0.205. The Balaban J connectivity index is 1.44. The first kappa shape index (κ1) is 26.9. The molecule has 0 spiro atoms. The lowest BCUT2D eigenvalue weighted by Crippen LogP contribution is -2.39. The Morgan fingerprint density at radius 3 is 2.11 bits per heavy atom. The van der Waals surface area contributed by atoms with Gasteiger partial charge in [-0.15, -0.1) is 11.3 Å². The highest BCUT2D eigenvalue weighted by molar-refractivity contribution is 7.92. The molecule has 200 valence electrons. The zero-order valence-corrected chi connectivity index (χ0v) is 23.3. The summed E-state index contributed by atoms with van der Waals surface area (Å²) in [5.74, 6) is 2.61. The first-order valence-corrected chi connectivity index (χ1v) is 14.2. The molecule has 2 heterocycles. The van der Waals surface area contributed by atoms with E-state index in [0.717, 1.165) is 16.4 Å². The average molecular weight is 549 g/mol. The highest BCUT2D eigenvalue weighted by Crippen LogP contribution is 2.39. The van der Waals surface area contributed by atoms with Crippen molar-refractivity contribution in [3.8, 4) is 28.7 Å². The third kappa shape index (κ3) is 5.57. The zero-order valence-electron chi connectivity index (χ0n) is 21.6. The standard InChI is InChI=1S/C26H32N2O7S2/c1-31-19-6-7-24(21(15-19)32-2)37(29,30)20-8-10-28(11-9-20)26-27-18(16-36-26)12-17-13-22(33-3)25(35-5)23(14-17)34-4/h6-7,13-16,20H,8-12H2,1-5H3. The molecule has 11 heteroatoms. The molecule has 3 aromatic rings. The normalized spacial score (nSPS) is 14.4. The fraction of sp³-hybridized carbons (Fsp3) is 0.423. The van der Waals surface area contributed by atoms with Crippen LogP contribution in [0.3, 0.4) is 0 Å². The minimum atomic E-state index is -3.55. The largest absolute Gasteiger partial charge is 0.497 e. The number of methoxy groups -OCH3 is 5. The van der Waals surface area contributed by atoms with Crippen LogP contribution < -0.4 is 28.6 Å². The van der Waals surface area contributed by atoms with Crippen LogP contribution in [-0.2, 0) is 16.3 Å². The number of anilines is 1. The van der Waals surface area contributed by atoms with Crippen molar-refractivity contribution >= 4 is 26.3 Å². The van der Waals surface area contributed by atoms with Gasteiger partial charge in [-0.3, -0.25) is 0 Å². The third-order valence-corrected chi connectivity index (χ3v) is 9.73. The lowest BCUT2D eigenvalue weighted by atomic mass is 10.1. The van der Waals surface area contributed by atoms with E-state index in [4.69, 9.17) is 28.7 Å². The highest BCUT2D eigenvalue weighted by Gasteiger charge is 2.34. The second-order valence-electron chi connectivity index (χ2n) is 8.58. The molecule has 9 nitrogen and oxygen atoms in total. The Labute approximate surface area is 221 Å². The number of aromatic nitrogens is 1. The van der Waals surface area contributed by atoms with Gasteiger partial charge in [-0.2, -0.15) is 0 Å². The number of piperidine rings is 1. The molecule has 0 unspecified atom stereocenters. The van der Waals surface area contributed by atoms with Crippen LogP contribution in [0.2, 0.25) is 0 Å². The maximum absolute atomic E-state index is 13.4. The molecule has 0 N–H and O–H groups in total. The molecule has 0 amide bonds. The monoisotopic (exact) mass is 548 g/mol. The Hall–Kier alpha value is -3.18. The van der Waals surface area contributed by atoms with Crippen LogP contribution in [-0.4, -0.2) is 67.3 Å². The molecule has 1 aliphatic rings. The van der Waals surface area contributed by atoms with E-state index >= 15 is 0 Å². The predicted octanol–water partition coefficient (Wildman–Crippen LogP) is 4.22. The summed E-state index contributed by atoms with van der Waals surface area (Å²) in [6.07, 6.45) is 1.63. The number of hydrogen-bond acceptors (Lipinski definition) is 10. The van der Waals surface area contributed by atoms with Gasteiger partial charge in [-0.25, -0.2) is 13.4 Å². The summed E-state index contributed by atoms with van der Waals surface area (Å²) in [4.78, 5) is 7.18. The Morgan fingerprint density at radius 2 is 1.54 bits per heavy atom. The molecule has 1 aliphatic heterocycles. The molecule has 0 saturated carbocycles. The van der Waals surface area contributed by atoms with Crippen molar-refractivity contribution in [1.82, 2.24) is 4.98 Å². The van der Waals surface area contributed by atoms with Crippen molar-refractivity contribution in [1.29, 1.82) is 0 Å². The Morgan fingerprint density at radius 1 is 0.892 bits per heavy atom. The highest BCUT2D eigenvalue weighted by atomic mass is 32.2. The molecule has 0 bridgehead atoms. The molecule has 0 aliphatic carbocycles. The van der Waals surface area contributed by atoms with E-state index < -0.39 is 15.1 Å². The molecular weight excluding hydrogens is 516 g/mol. The quantitative estimate of drug-likeness (QED) is 0.369. The lowest BCUT2D eigenvalue weighted by molar-refractivity contribution is 0.324. The van der Waals surface area contributed by atoms with E-state index in [0.29, 0.717) is 61.1 Å². The van der Waals surface area contributed by atoms with E-state index in [1.54, 1.807) is 50.9 Å². The van der Waals surface area contributed by atoms with Gasteiger partial charge in [-0.1, -0.05) is 0 Å². The summed E-state index contributed by atoms with van der Waals surface area (Å²) in [6, 6.07) is 8.66. The van der Waals surface area contributed by atoms with Crippen LogP contribution in [0.15, 0.2) is 40.6 Å². The molecule has 2 aromatic carbocycles. The fourth-order valence-corrected chi connectivity index (χ4v) is 7.27. The number of hydrogen-bond donors (Lipinski definition) is 0. The van der Waals surface area contributed by atoms with Crippen molar-refractivity contribution in [3.05, 3.63) is 47.0 Å². The van der Waals surface area contributed by atoms with Gasteiger partial charge < -0.3 is 28.6 Å². The average Bonchev–Trinajstić information content (AvgIpc) is 3.40. The predicted molar refractivity (Wildman–Crippen MR) is 143 cm³/mol. The van der Waals surface area contributed by atoms with Crippen LogP contribution in [0.4, 0.5) is 5.13 Å². The van der Waals surface area contributed by atoms with Gasteiger partial charge in [0.2, 0.25) is 5.75 Å². The second-order valence-corrected chi connectivity index (χ2v) is 11.6.